The summed E-state index contributed by atoms with van der Waals surface area (Å²) in [5.74, 6) is 0.967. The van der Waals surface area contributed by atoms with Crippen molar-refractivity contribution in [3.63, 3.8) is 0 Å². The van der Waals surface area contributed by atoms with E-state index in [0.717, 1.165) is 37.1 Å². The summed E-state index contributed by atoms with van der Waals surface area (Å²) in [5, 5.41) is 3.06. The Labute approximate surface area is 94.6 Å². The first-order valence-corrected chi connectivity index (χ1v) is 5.85. The van der Waals surface area contributed by atoms with Gasteiger partial charge in [0.15, 0.2) is 0 Å². The summed E-state index contributed by atoms with van der Waals surface area (Å²) in [7, 11) is 1.81. The molecule has 1 unspecified atom stereocenters. The van der Waals surface area contributed by atoms with Crippen molar-refractivity contribution >= 4 is 5.91 Å². The lowest BCUT2D eigenvalue weighted by molar-refractivity contribution is -0.134. The second-order valence-electron chi connectivity index (χ2n) is 4.54. The summed E-state index contributed by atoms with van der Waals surface area (Å²) in [4.78, 5) is 14.3. The van der Waals surface area contributed by atoms with Crippen molar-refractivity contribution in [3.8, 4) is 0 Å². The van der Waals surface area contributed by atoms with E-state index in [1.807, 2.05) is 18.0 Å². The molecule has 4 heteroatoms. The molecule has 1 N–H and O–H groups in total. The number of hydrogen-bond donors (Lipinski definition) is 1. The molecule has 1 aliphatic carbocycles. The number of amides is 1. The van der Waals surface area contributed by atoms with Gasteiger partial charge in [-0.1, -0.05) is 0 Å². The third-order valence-electron chi connectivity index (χ3n) is 3.47. The maximum Gasteiger partial charge on any atom is 0.247 e. The van der Waals surface area contributed by atoms with Gasteiger partial charge in [-0.25, -0.2) is 0 Å². The topological polar surface area (TPSA) is 45.5 Å². The van der Waals surface area contributed by atoms with Gasteiger partial charge in [0.05, 0.1) is 6.26 Å². The molecule has 4 nitrogen and oxygen atoms in total. The maximum atomic E-state index is 12.3. The van der Waals surface area contributed by atoms with Crippen LogP contribution >= 0.6 is 0 Å². The first-order chi connectivity index (χ1) is 7.81. The Morgan fingerprint density at radius 1 is 1.50 bits per heavy atom. The molecule has 0 aromatic carbocycles. The number of nitrogens with zero attached hydrogens (tertiary/aromatic N) is 1. The molecule has 1 amide bonds. The smallest absolute Gasteiger partial charge is 0.247 e. The number of furan rings is 1. The fourth-order valence-corrected chi connectivity index (χ4v) is 2.44. The third-order valence-corrected chi connectivity index (χ3v) is 3.47. The second kappa shape index (κ2) is 3.63. The Kier molecular flexibility index (Phi) is 2.24. The first-order valence-electron chi connectivity index (χ1n) is 5.85. The molecule has 1 atom stereocenters. The quantitative estimate of drug-likeness (QED) is 0.811. The molecule has 2 aliphatic rings. The molecule has 0 radical (unpaired) electrons. The monoisotopic (exact) mass is 220 g/mol. The van der Waals surface area contributed by atoms with Crippen LogP contribution in [-0.2, 0) is 11.2 Å². The van der Waals surface area contributed by atoms with E-state index in [0.29, 0.717) is 6.04 Å². The lowest BCUT2D eigenvalue weighted by Gasteiger charge is -2.23. The van der Waals surface area contributed by atoms with Crippen LogP contribution in [0.25, 0.3) is 0 Å². The van der Waals surface area contributed by atoms with Gasteiger partial charge in [0, 0.05) is 12.6 Å². The lowest BCUT2D eigenvalue weighted by Crippen LogP contribution is -2.40. The fraction of sp³-hybridized carbons (Fsp3) is 0.583. The molecule has 86 valence electrons. The predicted molar refractivity (Wildman–Crippen MR) is 58.9 cm³/mol. The number of fused-ring (bicyclic) bond motifs is 1. The van der Waals surface area contributed by atoms with Gasteiger partial charge in [0.1, 0.15) is 11.8 Å². The van der Waals surface area contributed by atoms with Crippen molar-refractivity contribution in [2.24, 2.45) is 0 Å². The highest BCUT2D eigenvalue weighted by molar-refractivity contribution is 5.84. The van der Waals surface area contributed by atoms with Gasteiger partial charge >= 0.3 is 0 Å². The first kappa shape index (κ1) is 9.90. The van der Waals surface area contributed by atoms with E-state index >= 15 is 0 Å². The van der Waals surface area contributed by atoms with Crippen molar-refractivity contribution in [2.45, 2.75) is 31.3 Å². The molecular formula is C12H16N2O2. The minimum Gasteiger partial charge on any atom is -0.467 e. The van der Waals surface area contributed by atoms with Crippen molar-refractivity contribution < 1.29 is 9.21 Å². The van der Waals surface area contributed by atoms with E-state index in [-0.39, 0.29) is 11.9 Å². The van der Waals surface area contributed by atoms with Crippen LogP contribution in [0, 0.1) is 0 Å². The number of carbonyl (C=O) groups is 1. The summed E-state index contributed by atoms with van der Waals surface area (Å²) in [6.07, 6.45) is 4.90. The minimum atomic E-state index is -0.298. The van der Waals surface area contributed by atoms with E-state index in [1.165, 1.54) is 0 Å². The van der Waals surface area contributed by atoms with Crippen molar-refractivity contribution in [1.82, 2.24) is 10.2 Å². The highest BCUT2D eigenvalue weighted by Gasteiger charge is 2.39. The Morgan fingerprint density at radius 3 is 3.00 bits per heavy atom. The molecule has 1 aromatic heterocycles. The molecule has 0 spiro atoms. The summed E-state index contributed by atoms with van der Waals surface area (Å²) in [6.45, 7) is 0.828. The van der Waals surface area contributed by atoms with E-state index in [4.69, 9.17) is 4.42 Å². The molecule has 1 aliphatic heterocycles. The predicted octanol–water partition coefficient (Wildman–Crippen LogP) is 1.09. The summed E-state index contributed by atoms with van der Waals surface area (Å²) in [6, 6.07) is 2.16. The van der Waals surface area contributed by atoms with Gasteiger partial charge in [-0.15, -0.1) is 0 Å². The number of hydrogen-bond acceptors (Lipinski definition) is 3. The van der Waals surface area contributed by atoms with E-state index in [9.17, 15) is 4.79 Å². The number of likely N-dealkylation sites (N-methyl/N-ethyl adjacent to an activating group) is 1. The van der Waals surface area contributed by atoms with Crippen molar-refractivity contribution in [2.75, 3.05) is 13.6 Å². The summed E-state index contributed by atoms with van der Waals surface area (Å²) < 4.78 is 5.45. The van der Waals surface area contributed by atoms with Gasteiger partial charge in [0.25, 0.3) is 0 Å². The average molecular weight is 220 g/mol. The van der Waals surface area contributed by atoms with Gasteiger partial charge < -0.3 is 14.6 Å². The Balaban J connectivity index is 1.94. The largest absolute Gasteiger partial charge is 0.467 e. The van der Waals surface area contributed by atoms with Crippen LogP contribution < -0.4 is 5.32 Å². The zero-order chi connectivity index (χ0) is 11.1. The summed E-state index contributed by atoms with van der Waals surface area (Å²) in [5.41, 5.74) is 1.16. The highest BCUT2D eigenvalue weighted by Crippen LogP contribution is 2.33. The lowest BCUT2D eigenvalue weighted by atomic mass is 10.1. The van der Waals surface area contributed by atoms with Gasteiger partial charge in [-0.05, 0) is 37.9 Å². The Morgan fingerprint density at radius 2 is 2.31 bits per heavy atom. The van der Waals surface area contributed by atoms with E-state index in [2.05, 4.69) is 5.32 Å². The van der Waals surface area contributed by atoms with Crippen LogP contribution in [0.15, 0.2) is 16.7 Å². The van der Waals surface area contributed by atoms with Crippen molar-refractivity contribution in [1.29, 1.82) is 0 Å². The fourth-order valence-electron chi connectivity index (χ4n) is 2.44. The van der Waals surface area contributed by atoms with Crippen LogP contribution in [0.5, 0.6) is 0 Å². The molecule has 0 bridgehead atoms. The minimum absolute atomic E-state index is 0.165. The van der Waals surface area contributed by atoms with E-state index < -0.39 is 0 Å². The van der Waals surface area contributed by atoms with Gasteiger partial charge in [-0.2, -0.15) is 0 Å². The average Bonchev–Trinajstić information content (AvgIpc) is 3.03. The zero-order valence-corrected chi connectivity index (χ0v) is 9.40. The zero-order valence-electron chi connectivity index (χ0n) is 9.40. The molecule has 2 heterocycles. The van der Waals surface area contributed by atoms with Gasteiger partial charge in [0.2, 0.25) is 5.91 Å². The van der Waals surface area contributed by atoms with Crippen LogP contribution in [0.3, 0.4) is 0 Å². The van der Waals surface area contributed by atoms with E-state index in [1.54, 1.807) is 6.26 Å². The molecular weight excluding hydrogens is 204 g/mol. The highest BCUT2D eigenvalue weighted by atomic mass is 16.3. The van der Waals surface area contributed by atoms with Crippen LogP contribution in [0.2, 0.25) is 0 Å². The molecule has 1 saturated carbocycles. The number of nitrogens with one attached hydrogen (secondary N) is 1. The van der Waals surface area contributed by atoms with Crippen LogP contribution in [0.1, 0.15) is 30.2 Å². The SMILES string of the molecule is CNC1C(=O)N(C2CC2)CCc2ccoc21. The molecule has 1 aromatic rings. The molecule has 16 heavy (non-hydrogen) atoms. The standard InChI is InChI=1S/C12H16N2O2/c1-13-10-11-8(5-7-16-11)4-6-14(12(10)15)9-2-3-9/h5,7,9-10,13H,2-4,6H2,1H3. The Bertz CT molecular complexity index is 409. The maximum absolute atomic E-state index is 12.3. The summed E-state index contributed by atoms with van der Waals surface area (Å²) >= 11 is 0. The number of rotatable bonds is 2. The molecule has 0 saturated heterocycles. The van der Waals surface area contributed by atoms with Gasteiger partial charge in [-0.3, -0.25) is 4.79 Å². The second-order valence-corrected chi connectivity index (χ2v) is 4.54. The Hall–Kier alpha value is -1.29. The molecule has 1 fully saturated rings. The van der Waals surface area contributed by atoms with Crippen LogP contribution in [-0.4, -0.2) is 30.4 Å². The van der Waals surface area contributed by atoms with Crippen molar-refractivity contribution in [3.05, 3.63) is 23.7 Å². The molecule has 3 rings (SSSR count). The normalized spacial score (nSPS) is 25.4. The number of carbonyl (C=O) groups excluding carboxylic acids is 1. The van der Waals surface area contributed by atoms with Crippen LogP contribution in [0.4, 0.5) is 0 Å². The third kappa shape index (κ3) is 1.45.